The van der Waals surface area contributed by atoms with Gasteiger partial charge in [-0.2, -0.15) is 0 Å². The second-order valence-corrected chi connectivity index (χ2v) is 5.36. The zero-order valence-corrected chi connectivity index (χ0v) is 12.7. The largest absolute Gasteiger partial charge is 0.455 e. The summed E-state index contributed by atoms with van der Waals surface area (Å²) in [5, 5.41) is 20.3. The minimum atomic E-state index is -1.42. The number of aliphatic hydroxyl groups excluding tert-OH is 2. The second-order valence-electron chi connectivity index (χ2n) is 4.99. The van der Waals surface area contributed by atoms with Crippen molar-refractivity contribution >= 4 is 29.2 Å². The summed E-state index contributed by atoms with van der Waals surface area (Å²) in [5.74, 6) is -0.955. The highest BCUT2D eigenvalue weighted by atomic mass is 32.1. The van der Waals surface area contributed by atoms with Crippen LogP contribution < -0.4 is 0 Å². The molecule has 0 spiro atoms. The van der Waals surface area contributed by atoms with Crippen molar-refractivity contribution in [2.45, 2.75) is 45.1 Å². The Labute approximate surface area is 127 Å². The van der Waals surface area contributed by atoms with Crippen LogP contribution in [-0.4, -0.2) is 62.0 Å². The molecule has 0 aromatic heterocycles. The van der Waals surface area contributed by atoms with E-state index >= 15 is 0 Å². The molecule has 1 fully saturated rings. The molecule has 0 radical (unpaired) electrons. The Morgan fingerprint density at radius 3 is 2.71 bits per heavy atom. The molecule has 2 aliphatic rings. The van der Waals surface area contributed by atoms with Crippen molar-refractivity contribution in [1.29, 1.82) is 0 Å². The predicted octanol–water partition coefficient (Wildman–Crippen LogP) is -0.276. The lowest BCUT2D eigenvalue weighted by Gasteiger charge is -2.35. The molecule has 0 saturated carbocycles. The van der Waals surface area contributed by atoms with Gasteiger partial charge >= 0.3 is 5.97 Å². The van der Waals surface area contributed by atoms with Crippen molar-refractivity contribution in [3.8, 4) is 0 Å². The predicted molar refractivity (Wildman–Crippen MR) is 76.7 cm³/mol. The Morgan fingerprint density at radius 1 is 1.48 bits per heavy atom. The van der Waals surface area contributed by atoms with Gasteiger partial charge in [0.2, 0.25) is 0 Å². The monoisotopic (exact) mass is 314 g/mol. The number of hydrogen-bond donors (Lipinski definition) is 2. The minimum absolute atomic E-state index is 0.139. The molecule has 0 bridgehead atoms. The molecule has 21 heavy (non-hydrogen) atoms. The summed E-state index contributed by atoms with van der Waals surface area (Å²) in [5.41, 5.74) is 0.139. The number of fused-ring (bicyclic) bond motifs is 1. The third kappa shape index (κ3) is 2.78. The van der Waals surface area contributed by atoms with E-state index in [0.717, 1.165) is 12.8 Å². The van der Waals surface area contributed by atoms with E-state index in [-0.39, 0.29) is 16.7 Å². The number of carbonyl (C=O) groups is 2. The number of rotatable bonds is 4. The van der Waals surface area contributed by atoms with Gasteiger partial charge in [0.25, 0.3) is 5.91 Å². The van der Waals surface area contributed by atoms with Crippen LogP contribution in [0.1, 0.15) is 26.7 Å². The molecule has 0 aliphatic carbocycles. The van der Waals surface area contributed by atoms with Crippen LogP contribution in [0.3, 0.4) is 0 Å². The fourth-order valence-electron chi connectivity index (χ4n) is 2.35. The summed E-state index contributed by atoms with van der Waals surface area (Å²) in [7, 11) is 0. The van der Waals surface area contributed by atoms with Crippen LogP contribution in [0.2, 0.25) is 0 Å². The lowest BCUT2D eigenvalue weighted by Crippen LogP contribution is -2.53. The van der Waals surface area contributed by atoms with Gasteiger partial charge in [-0.3, -0.25) is 19.4 Å². The highest BCUT2D eigenvalue weighted by Gasteiger charge is 2.48. The van der Waals surface area contributed by atoms with Gasteiger partial charge in [0.15, 0.2) is 17.4 Å². The van der Waals surface area contributed by atoms with E-state index in [1.54, 1.807) is 0 Å². The fourth-order valence-corrected chi connectivity index (χ4v) is 2.73. The molecular weight excluding hydrogens is 296 g/mol. The van der Waals surface area contributed by atoms with Gasteiger partial charge in [0.05, 0.1) is 0 Å². The van der Waals surface area contributed by atoms with E-state index in [4.69, 9.17) is 17.0 Å². The van der Waals surface area contributed by atoms with E-state index in [0.29, 0.717) is 6.54 Å². The number of esters is 1. The van der Waals surface area contributed by atoms with Crippen LogP contribution >= 0.6 is 12.2 Å². The molecule has 1 amide bonds. The van der Waals surface area contributed by atoms with Gasteiger partial charge < -0.3 is 14.9 Å². The number of hydrogen-bond acceptors (Lipinski definition) is 6. The number of carbonyl (C=O) groups excluding carboxylic acids is 2. The summed E-state index contributed by atoms with van der Waals surface area (Å²) in [6.45, 7) is 3.63. The van der Waals surface area contributed by atoms with Crippen molar-refractivity contribution in [2.24, 2.45) is 0 Å². The van der Waals surface area contributed by atoms with Gasteiger partial charge in [-0.05, 0) is 24.7 Å². The first kappa shape index (κ1) is 15.9. The quantitative estimate of drug-likeness (QED) is 0.545. The zero-order valence-electron chi connectivity index (χ0n) is 11.9. The van der Waals surface area contributed by atoms with Crippen LogP contribution in [0, 0.1) is 0 Å². The molecule has 2 N–H and O–H groups in total. The van der Waals surface area contributed by atoms with E-state index in [1.807, 2.05) is 6.92 Å². The van der Waals surface area contributed by atoms with E-state index in [2.05, 4.69) is 0 Å². The average molecular weight is 314 g/mol. The summed E-state index contributed by atoms with van der Waals surface area (Å²) >= 11 is 5.20. The maximum Gasteiger partial charge on any atom is 0.303 e. The number of unbranched alkanes of at least 4 members (excludes halogenated alkanes) is 1. The molecule has 0 aromatic carbocycles. The molecular formula is C13H18N2O5S. The lowest BCUT2D eigenvalue weighted by molar-refractivity contribution is -0.159. The number of amides is 1. The molecule has 1 unspecified atom stereocenters. The summed E-state index contributed by atoms with van der Waals surface area (Å²) in [4.78, 5) is 26.0. The van der Waals surface area contributed by atoms with Crippen molar-refractivity contribution in [1.82, 2.24) is 9.80 Å². The molecule has 3 atom stereocenters. The molecule has 2 heterocycles. The Balaban J connectivity index is 2.30. The van der Waals surface area contributed by atoms with Crippen LogP contribution in [0.25, 0.3) is 0 Å². The van der Waals surface area contributed by atoms with E-state index in [1.165, 1.54) is 22.8 Å². The molecule has 2 rings (SSSR count). The first-order valence-electron chi connectivity index (χ1n) is 6.78. The third-order valence-corrected chi connectivity index (χ3v) is 3.84. The second kappa shape index (κ2) is 6.08. The normalized spacial score (nSPS) is 28.6. The Morgan fingerprint density at radius 2 is 2.14 bits per heavy atom. The number of aliphatic hydroxyl groups is 2. The highest BCUT2D eigenvalue weighted by molar-refractivity contribution is 7.80. The Kier molecular flexibility index (Phi) is 4.60. The van der Waals surface area contributed by atoms with E-state index in [9.17, 15) is 19.8 Å². The fraction of sp³-hybridized carbons (Fsp3) is 0.615. The van der Waals surface area contributed by atoms with Crippen molar-refractivity contribution in [3.63, 3.8) is 0 Å². The van der Waals surface area contributed by atoms with Crippen molar-refractivity contribution in [3.05, 3.63) is 11.8 Å². The molecule has 1 saturated heterocycles. The number of ether oxygens (including phenoxy) is 1. The van der Waals surface area contributed by atoms with Crippen LogP contribution in [0.4, 0.5) is 0 Å². The van der Waals surface area contributed by atoms with Gasteiger partial charge in [-0.1, -0.05) is 13.3 Å². The standard InChI is InChI=1S/C13H18N2O5S/c1-3-4-5-14-11(18)8-6-9(20-7(2)16)10(17)12(19)15(8)13(14)21/h6,9-10,12,17,19H,3-5H2,1-2H3/t9-,10+,12?/m0/s1. The van der Waals surface area contributed by atoms with Crippen molar-refractivity contribution in [2.75, 3.05) is 6.54 Å². The number of nitrogens with zero attached hydrogens (tertiary/aromatic N) is 2. The average Bonchev–Trinajstić information content (AvgIpc) is 2.65. The van der Waals surface area contributed by atoms with Crippen LogP contribution in [0.5, 0.6) is 0 Å². The molecule has 2 aliphatic heterocycles. The zero-order chi connectivity index (χ0) is 15.7. The maximum absolute atomic E-state index is 12.3. The van der Waals surface area contributed by atoms with Crippen LogP contribution in [-0.2, 0) is 14.3 Å². The maximum atomic E-state index is 12.3. The van der Waals surface area contributed by atoms with Gasteiger partial charge in [0.1, 0.15) is 11.8 Å². The Hall–Kier alpha value is -1.51. The van der Waals surface area contributed by atoms with Crippen LogP contribution in [0.15, 0.2) is 11.8 Å². The first-order chi connectivity index (χ1) is 9.88. The molecule has 116 valence electrons. The summed E-state index contributed by atoms with van der Waals surface area (Å²) < 4.78 is 4.92. The molecule has 7 nitrogen and oxygen atoms in total. The van der Waals surface area contributed by atoms with Gasteiger partial charge in [-0.25, -0.2) is 0 Å². The lowest BCUT2D eigenvalue weighted by atomic mass is 10.1. The smallest absolute Gasteiger partial charge is 0.303 e. The Bertz CT molecular complexity index is 507. The molecule has 0 aromatic rings. The molecule has 8 heteroatoms. The van der Waals surface area contributed by atoms with Gasteiger partial charge in [0, 0.05) is 13.5 Å². The summed E-state index contributed by atoms with van der Waals surface area (Å²) in [6.07, 6.45) is -0.848. The number of thiocarbonyl (C=S) groups is 1. The van der Waals surface area contributed by atoms with E-state index < -0.39 is 24.4 Å². The topological polar surface area (TPSA) is 90.3 Å². The SMILES string of the molecule is CCCCN1C(=O)C2=C[C@H](OC(C)=O)[C@@H](O)C(O)N2C1=S. The minimum Gasteiger partial charge on any atom is -0.455 e. The first-order valence-corrected chi connectivity index (χ1v) is 7.19. The summed E-state index contributed by atoms with van der Waals surface area (Å²) in [6, 6.07) is 0. The van der Waals surface area contributed by atoms with Gasteiger partial charge in [-0.15, -0.1) is 0 Å². The third-order valence-electron chi connectivity index (χ3n) is 3.43. The van der Waals surface area contributed by atoms with Crippen molar-refractivity contribution < 1.29 is 24.5 Å². The highest BCUT2D eigenvalue weighted by Crippen LogP contribution is 2.31.